The van der Waals surface area contributed by atoms with Crippen molar-refractivity contribution in [3.05, 3.63) is 43.5 Å². The zero-order valence-electron chi connectivity index (χ0n) is 7.63. The van der Waals surface area contributed by atoms with Gasteiger partial charge in [-0.3, -0.25) is 0 Å². The second-order valence-electron chi connectivity index (χ2n) is 3.33. The van der Waals surface area contributed by atoms with Crippen molar-refractivity contribution in [3.63, 3.8) is 0 Å². The van der Waals surface area contributed by atoms with Crippen LogP contribution in [-0.4, -0.2) is 0 Å². The van der Waals surface area contributed by atoms with Gasteiger partial charge in [0.1, 0.15) is 11.2 Å². The third-order valence-electron chi connectivity index (χ3n) is 2.42. The van der Waals surface area contributed by atoms with E-state index in [1.54, 1.807) is 0 Å². The highest BCUT2D eigenvalue weighted by Gasteiger charge is 2.10. The molecule has 0 N–H and O–H groups in total. The highest BCUT2D eigenvalue weighted by molar-refractivity contribution is 14.1. The van der Waals surface area contributed by atoms with Gasteiger partial charge in [0.15, 0.2) is 0 Å². The van der Waals surface area contributed by atoms with Crippen molar-refractivity contribution in [3.8, 4) is 0 Å². The van der Waals surface area contributed by atoms with Crippen LogP contribution in [0.25, 0.3) is 21.9 Å². The zero-order valence-corrected chi connectivity index (χ0v) is 11.9. The average molecular weight is 420 g/mol. The van der Waals surface area contributed by atoms with Gasteiger partial charge in [-0.05, 0) is 63.4 Å². The molecule has 2 aromatic carbocycles. The van der Waals surface area contributed by atoms with Crippen molar-refractivity contribution in [2.45, 2.75) is 0 Å². The molecule has 74 valence electrons. The first-order valence-corrected chi connectivity index (χ1v) is 6.68. The fourth-order valence-electron chi connectivity index (χ4n) is 1.77. The molecule has 1 heterocycles. The quantitative estimate of drug-likeness (QED) is 0.477. The van der Waals surface area contributed by atoms with Gasteiger partial charge in [0.05, 0.1) is 3.57 Å². The van der Waals surface area contributed by atoms with Gasteiger partial charge in [-0.2, -0.15) is 0 Å². The molecular formula is C12H6I2O. The Labute approximate surface area is 114 Å². The van der Waals surface area contributed by atoms with E-state index in [2.05, 4.69) is 69.4 Å². The summed E-state index contributed by atoms with van der Waals surface area (Å²) in [4.78, 5) is 0. The lowest BCUT2D eigenvalue weighted by atomic mass is 10.2. The molecule has 0 aliphatic heterocycles. The molecule has 0 aliphatic carbocycles. The second kappa shape index (κ2) is 3.62. The van der Waals surface area contributed by atoms with Crippen molar-refractivity contribution in [1.82, 2.24) is 0 Å². The lowest BCUT2D eigenvalue weighted by Crippen LogP contribution is -1.73. The molecule has 15 heavy (non-hydrogen) atoms. The molecule has 0 fully saturated rings. The van der Waals surface area contributed by atoms with Gasteiger partial charge in [-0.25, -0.2) is 0 Å². The number of furan rings is 1. The van der Waals surface area contributed by atoms with Crippen LogP contribution >= 0.6 is 45.2 Å². The van der Waals surface area contributed by atoms with Crippen LogP contribution in [0.1, 0.15) is 0 Å². The Balaban J connectivity index is 2.65. The van der Waals surface area contributed by atoms with Crippen LogP contribution in [0.15, 0.2) is 40.8 Å². The number of hydrogen-bond acceptors (Lipinski definition) is 1. The van der Waals surface area contributed by atoms with Crippen molar-refractivity contribution >= 4 is 67.1 Å². The summed E-state index contributed by atoms with van der Waals surface area (Å²) in [6, 6.07) is 12.4. The van der Waals surface area contributed by atoms with E-state index in [-0.39, 0.29) is 0 Å². The minimum absolute atomic E-state index is 0.973. The molecule has 0 bridgehead atoms. The van der Waals surface area contributed by atoms with E-state index in [0.29, 0.717) is 0 Å². The Morgan fingerprint density at radius 1 is 0.867 bits per heavy atom. The standard InChI is InChI=1S/C12H6I2O/c13-8-4-2-6-10-11(8)7-3-1-5-9(14)12(7)15-10/h1-6H. The van der Waals surface area contributed by atoms with E-state index in [0.717, 1.165) is 14.7 Å². The fraction of sp³-hybridized carbons (Fsp3) is 0. The summed E-state index contributed by atoms with van der Waals surface area (Å²) in [7, 11) is 0. The first kappa shape index (κ1) is 9.89. The summed E-state index contributed by atoms with van der Waals surface area (Å²) in [6.07, 6.45) is 0. The topological polar surface area (TPSA) is 13.1 Å². The van der Waals surface area contributed by atoms with E-state index in [1.807, 2.05) is 12.1 Å². The number of hydrogen-bond donors (Lipinski definition) is 0. The largest absolute Gasteiger partial charge is 0.455 e. The molecule has 0 unspecified atom stereocenters. The van der Waals surface area contributed by atoms with Crippen LogP contribution in [0.4, 0.5) is 0 Å². The molecule has 1 nitrogen and oxygen atoms in total. The Bertz CT molecular complexity index is 655. The molecule has 0 saturated carbocycles. The molecule has 1 aromatic heterocycles. The second-order valence-corrected chi connectivity index (χ2v) is 5.66. The van der Waals surface area contributed by atoms with Crippen LogP contribution < -0.4 is 0 Å². The SMILES string of the molecule is Ic1cccc2c1oc1cccc(I)c12. The van der Waals surface area contributed by atoms with Gasteiger partial charge in [0, 0.05) is 14.3 Å². The van der Waals surface area contributed by atoms with Crippen molar-refractivity contribution in [1.29, 1.82) is 0 Å². The Morgan fingerprint density at radius 2 is 1.60 bits per heavy atom. The molecule has 0 saturated heterocycles. The predicted molar refractivity (Wildman–Crippen MR) is 79.2 cm³/mol. The number of halogens is 2. The smallest absolute Gasteiger partial charge is 0.148 e. The molecule has 0 radical (unpaired) electrons. The van der Waals surface area contributed by atoms with Crippen LogP contribution in [0.2, 0.25) is 0 Å². The maximum Gasteiger partial charge on any atom is 0.148 e. The van der Waals surface area contributed by atoms with Gasteiger partial charge in [0.2, 0.25) is 0 Å². The summed E-state index contributed by atoms with van der Waals surface area (Å²) in [6.45, 7) is 0. The maximum atomic E-state index is 5.85. The maximum absolute atomic E-state index is 5.85. The molecule has 0 spiro atoms. The van der Waals surface area contributed by atoms with Gasteiger partial charge in [-0.1, -0.05) is 18.2 Å². The molecule has 0 atom stereocenters. The Hall–Kier alpha value is -0.300. The van der Waals surface area contributed by atoms with E-state index >= 15 is 0 Å². The lowest BCUT2D eigenvalue weighted by Gasteiger charge is -1.92. The first-order chi connectivity index (χ1) is 7.27. The third-order valence-corrected chi connectivity index (χ3v) is 4.17. The number of benzene rings is 2. The summed E-state index contributed by atoms with van der Waals surface area (Å²) in [5, 5.41) is 2.44. The summed E-state index contributed by atoms with van der Waals surface area (Å²) in [5.74, 6) is 0. The first-order valence-electron chi connectivity index (χ1n) is 4.52. The Kier molecular flexibility index (Phi) is 2.39. The summed E-state index contributed by atoms with van der Waals surface area (Å²) in [5.41, 5.74) is 1.97. The normalized spacial score (nSPS) is 11.3. The monoisotopic (exact) mass is 420 g/mol. The van der Waals surface area contributed by atoms with Gasteiger partial charge in [0.25, 0.3) is 0 Å². The molecule has 3 heteroatoms. The Morgan fingerprint density at radius 3 is 2.47 bits per heavy atom. The molecule has 0 aliphatic rings. The minimum atomic E-state index is 0.973. The third kappa shape index (κ3) is 1.47. The van der Waals surface area contributed by atoms with E-state index in [1.165, 1.54) is 14.3 Å². The van der Waals surface area contributed by atoms with Crippen LogP contribution in [0, 0.1) is 7.14 Å². The molecular weight excluding hydrogens is 414 g/mol. The number of rotatable bonds is 0. The minimum Gasteiger partial charge on any atom is -0.455 e. The van der Waals surface area contributed by atoms with Crippen molar-refractivity contribution in [2.24, 2.45) is 0 Å². The lowest BCUT2D eigenvalue weighted by molar-refractivity contribution is 0.666. The van der Waals surface area contributed by atoms with E-state index in [9.17, 15) is 0 Å². The molecule has 0 amide bonds. The highest BCUT2D eigenvalue weighted by Crippen LogP contribution is 2.33. The number of para-hydroxylation sites is 1. The van der Waals surface area contributed by atoms with Crippen LogP contribution in [0.3, 0.4) is 0 Å². The zero-order chi connectivity index (χ0) is 10.4. The van der Waals surface area contributed by atoms with Crippen molar-refractivity contribution in [2.75, 3.05) is 0 Å². The van der Waals surface area contributed by atoms with Crippen LogP contribution in [-0.2, 0) is 0 Å². The highest BCUT2D eigenvalue weighted by atomic mass is 127. The fourth-order valence-corrected chi connectivity index (χ4v) is 3.14. The molecule has 3 aromatic rings. The van der Waals surface area contributed by atoms with Gasteiger partial charge in [-0.15, -0.1) is 0 Å². The number of fused-ring (bicyclic) bond motifs is 3. The van der Waals surface area contributed by atoms with Crippen molar-refractivity contribution < 1.29 is 4.42 Å². The van der Waals surface area contributed by atoms with Gasteiger partial charge >= 0.3 is 0 Å². The van der Waals surface area contributed by atoms with Gasteiger partial charge < -0.3 is 4.42 Å². The summed E-state index contributed by atoms with van der Waals surface area (Å²) >= 11 is 4.66. The summed E-state index contributed by atoms with van der Waals surface area (Å²) < 4.78 is 8.26. The van der Waals surface area contributed by atoms with E-state index in [4.69, 9.17) is 4.42 Å². The van der Waals surface area contributed by atoms with Crippen LogP contribution in [0.5, 0.6) is 0 Å². The predicted octanol–water partition coefficient (Wildman–Crippen LogP) is 4.80. The van der Waals surface area contributed by atoms with E-state index < -0.39 is 0 Å². The molecule has 3 rings (SSSR count). The average Bonchev–Trinajstić information content (AvgIpc) is 2.59.